The van der Waals surface area contributed by atoms with E-state index >= 15 is 0 Å². The second kappa shape index (κ2) is 5.05. The van der Waals surface area contributed by atoms with E-state index in [2.05, 4.69) is 4.98 Å². The Balaban J connectivity index is 2.02. The van der Waals surface area contributed by atoms with Crippen molar-refractivity contribution in [1.82, 2.24) is 4.98 Å². The van der Waals surface area contributed by atoms with Crippen LogP contribution in [-0.2, 0) is 22.6 Å². The molecule has 3 nitrogen and oxygen atoms in total. The molecule has 0 amide bonds. The van der Waals surface area contributed by atoms with Gasteiger partial charge in [0.1, 0.15) is 5.60 Å². The molecule has 7 heteroatoms. The molecular formula is C14H16F3NO2S. The predicted octanol–water partition coefficient (Wildman–Crippen LogP) is 2.75. The quantitative estimate of drug-likeness (QED) is 0.866. The SMILES string of the molecule is O=S1C2CCCC1CC(O)(c1ncccc1C(F)(F)F)C2. The van der Waals surface area contributed by atoms with Crippen LogP contribution in [0.15, 0.2) is 18.3 Å². The third kappa shape index (κ3) is 2.61. The Morgan fingerprint density at radius 3 is 2.48 bits per heavy atom. The van der Waals surface area contributed by atoms with Gasteiger partial charge in [-0.05, 0) is 37.8 Å². The smallest absolute Gasteiger partial charge is 0.383 e. The molecule has 0 spiro atoms. The van der Waals surface area contributed by atoms with E-state index in [1.807, 2.05) is 0 Å². The molecule has 2 saturated heterocycles. The van der Waals surface area contributed by atoms with Crippen molar-refractivity contribution in [3.8, 4) is 0 Å². The highest BCUT2D eigenvalue weighted by Gasteiger charge is 2.50. The minimum Gasteiger partial charge on any atom is -0.383 e. The monoisotopic (exact) mass is 319 g/mol. The van der Waals surface area contributed by atoms with Gasteiger partial charge >= 0.3 is 6.18 Å². The minimum atomic E-state index is -4.55. The number of hydrogen-bond acceptors (Lipinski definition) is 3. The van der Waals surface area contributed by atoms with E-state index in [1.54, 1.807) is 0 Å². The average Bonchev–Trinajstić information content (AvgIpc) is 2.40. The fourth-order valence-corrected chi connectivity index (χ4v) is 5.70. The molecule has 116 valence electrons. The molecular weight excluding hydrogens is 303 g/mol. The number of aromatic nitrogens is 1. The second-order valence-electron chi connectivity index (χ2n) is 5.84. The van der Waals surface area contributed by atoms with Gasteiger partial charge in [0.2, 0.25) is 0 Å². The zero-order valence-electron chi connectivity index (χ0n) is 11.3. The summed E-state index contributed by atoms with van der Waals surface area (Å²) in [5.74, 6) is 0. The summed E-state index contributed by atoms with van der Waals surface area (Å²) >= 11 is 0. The minimum absolute atomic E-state index is 0.0935. The van der Waals surface area contributed by atoms with Crippen molar-refractivity contribution in [1.29, 1.82) is 0 Å². The van der Waals surface area contributed by atoms with Crippen molar-refractivity contribution in [2.45, 2.75) is 54.4 Å². The van der Waals surface area contributed by atoms with Crippen molar-refractivity contribution in [2.24, 2.45) is 0 Å². The van der Waals surface area contributed by atoms with Crippen LogP contribution in [0, 0.1) is 0 Å². The predicted molar refractivity (Wildman–Crippen MR) is 71.9 cm³/mol. The van der Waals surface area contributed by atoms with Crippen LogP contribution in [0.4, 0.5) is 13.2 Å². The van der Waals surface area contributed by atoms with E-state index < -0.39 is 28.1 Å². The lowest BCUT2D eigenvalue weighted by Crippen LogP contribution is -2.48. The average molecular weight is 319 g/mol. The fourth-order valence-electron chi connectivity index (χ4n) is 3.48. The molecule has 2 atom stereocenters. The van der Waals surface area contributed by atoms with Gasteiger partial charge in [0.05, 0.1) is 11.3 Å². The first-order valence-corrected chi connectivity index (χ1v) is 8.23. The topological polar surface area (TPSA) is 50.2 Å². The van der Waals surface area contributed by atoms with Crippen molar-refractivity contribution >= 4 is 10.8 Å². The van der Waals surface area contributed by atoms with Crippen LogP contribution in [0.1, 0.15) is 43.4 Å². The van der Waals surface area contributed by atoms with Crippen LogP contribution >= 0.6 is 0 Å². The summed E-state index contributed by atoms with van der Waals surface area (Å²) in [7, 11) is -1.05. The van der Waals surface area contributed by atoms with Gasteiger partial charge in [0, 0.05) is 27.5 Å². The molecule has 3 heterocycles. The molecule has 1 aromatic rings. The number of fused-ring (bicyclic) bond motifs is 2. The molecule has 0 radical (unpaired) electrons. The number of pyridine rings is 1. The van der Waals surface area contributed by atoms with E-state index in [0.717, 1.165) is 12.5 Å². The molecule has 0 aliphatic carbocycles. The Kier molecular flexibility index (Phi) is 3.60. The van der Waals surface area contributed by atoms with Crippen molar-refractivity contribution in [2.75, 3.05) is 0 Å². The largest absolute Gasteiger partial charge is 0.418 e. The zero-order valence-corrected chi connectivity index (χ0v) is 12.1. The number of aliphatic hydroxyl groups is 1. The first kappa shape index (κ1) is 15.0. The molecule has 1 aromatic heterocycles. The maximum Gasteiger partial charge on any atom is 0.418 e. The van der Waals surface area contributed by atoms with Crippen molar-refractivity contribution < 1.29 is 22.5 Å². The van der Waals surface area contributed by atoms with Gasteiger partial charge in [-0.1, -0.05) is 6.42 Å². The maximum absolute atomic E-state index is 13.1. The molecule has 0 aromatic carbocycles. The van der Waals surface area contributed by atoms with Crippen LogP contribution in [-0.4, -0.2) is 24.8 Å². The number of alkyl halides is 3. The van der Waals surface area contributed by atoms with Crippen LogP contribution < -0.4 is 0 Å². The zero-order chi connectivity index (χ0) is 15.3. The Morgan fingerprint density at radius 2 is 1.90 bits per heavy atom. The van der Waals surface area contributed by atoms with E-state index in [-0.39, 0.29) is 29.0 Å². The fraction of sp³-hybridized carbons (Fsp3) is 0.643. The third-order valence-electron chi connectivity index (χ3n) is 4.39. The van der Waals surface area contributed by atoms with Crippen LogP contribution in [0.2, 0.25) is 0 Å². The summed E-state index contributed by atoms with van der Waals surface area (Å²) in [6.07, 6.45) is -0.786. The lowest BCUT2D eigenvalue weighted by Gasteiger charge is -2.43. The molecule has 1 N–H and O–H groups in total. The Labute approximate surface area is 123 Å². The molecule has 0 saturated carbocycles. The van der Waals surface area contributed by atoms with Gasteiger partial charge in [0.25, 0.3) is 0 Å². The number of halogens is 3. The van der Waals surface area contributed by atoms with E-state index in [1.165, 1.54) is 12.3 Å². The summed E-state index contributed by atoms with van der Waals surface area (Å²) in [4.78, 5) is 3.82. The molecule has 2 unspecified atom stereocenters. The lowest BCUT2D eigenvalue weighted by molar-refractivity contribution is -0.141. The van der Waals surface area contributed by atoms with E-state index in [0.29, 0.717) is 12.8 Å². The Bertz CT molecular complexity index is 560. The van der Waals surface area contributed by atoms with Gasteiger partial charge in [-0.15, -0.1) is 0 Å². The molecule has 2 aliphatic heterocycles. The van der Waals surface area contributed by atoms with E-state index in [9.17, 15) is 22.5 Å². The van der Waals surface area contributed by atoms with Gasteiger partial charge in [-0.2, -0.15) is 13.2 Å². The molecule has 2 bridgehead atoms. The highest BCUT2D eigenvalue weighted by molar-refractivity contribution is 7.86. The van der Waals surface area contributed by atoms with E-state index in [4.69, 9.17) is 0 Å². The van der Waals surface area contributed by atoms with Gasteiger partial charge in [-0.3, -0.25) is 9.19 Å². The Morgan fingerprint density at radius 1 is 1.29 bits per heavy atom. The standard InChI is InChI=1S/C14H16F3NO2S/c15-14(16,17)11-5-2-6-18-12(11)13(19)7-9-3-1-4-10(8-13)21(9)20/h2,5-6,9-10,19H,1,3-4,7-8H2. The molecule has 3 rings (SSSR count). The lowest BCUT2D eigenvalue weighted by atomic mass is 9.81. The first-order valence-electron chi connectivity index (χ1n) is 6.96. The van der Waals surface area contributed by atoms with Crippen LogP contribution in [0.5, 0.6) is 0 Å². The van der Waals surface area contributed by atoms with Crippen LogP contribution in [0.25, 0.3) is 0 Å². The summed E-state index contributed by atoms with van der Waals surface area (Å²) in [5.41, 5.74) is -2.83. The normalized spacial score (nSPS) is 36.5. The molecule has 21 heavy (non-hydrogen) atoms. The molecule has 2 fully saturated rings. The summed E-state index contributed by atoms with van der Waals surface area (Å²) in [6.45, 7) is 0. The first-order chi connectivity index (χ1) is 9.81. The maximum atomic E-state index is 13.1. The highest BCUT2D eigenvalue weighted by atomic mass is 32.2. The van der Waals surface area contributed by atoms with Crippen LogP contribution in [0.3, 0.4) is 0 Å². The number of hydrogen-bond donors (Lipinski definition) is 1. The van der Waals surface area contributed by atoms with Gasteiger partial charge in [0.15, 0.2) is 0 Å². The van der Waals surface area contributed by atoms with Crippen molar-refractivity contribution in [3.05, 3.63) is 29.6 Å². The van der Waals surface area contributed by atoms with Crippen molar-refractivity contribution in [3.63, 3.8) is 0 Å². The Hall–Kier alpha value is -0.950. The van der Waals surface area contributed by atoms with Gasteiger partial charge in [-0.25, -0.2) is 0 Å². The summed E-state index contributed by atoms with van der Waals surface area (Å²) < 4.78 is 51.6. The number of nitrogens with zero attached hydrogens (tertiary/aromatic N) is 1. The summed E-state index contributed by atoms with van der Waals surface area (Å²) in [6, 6.07) is 2.17. The number of rotatable bonds is 1. The third-order valence-corrected chi connectivity index (χ3v) is 6.51. The molecule has 2 aliphatic rings. The second-order valence-corrected chi connectivity index (χ2v) is 7.83. The van der Waals surface area contributed by atoms with Gasteiger partial charge < -0.3 is 5.11 Å². The highest BCUT2D eigenvalue weighted by Crippen LogP contribution is 2.46. The summed E-state index contributed by atoms with van der Waals surface area (Å²) in [5, 5.41) is 10.4.